The standard InChI is InChI=1S/C15H17NO3/c1-15(2,18)12-6-3-5-11(9-12)14(17)16-10-13-7-4-8-19-13/h3-9,18H,10H2,1-2H3,(H,16,17). The Hall–Kier alpha value is -2.07. The first-order chi connectivity index (χ1) is 8.97. The molecule has 1 heterocycles. The third-order valence-corrected chi connectivity index (χ3v) is 2.83. The molecule has 0 unspecified atom stereocenters. The molecule has 1 aromatic carbocycles. The van der Waals surface area contributed by atoms with Gasteiger partial charge in [0, 0.05) is 5.56 Å². The van der Waals surface area contributed by atoms with Gasteiger partial charge in [0.1, 0.15) is 5.76 Å². The highest BCUT2D eigenvalue weighted by molar-refractivity contribution is 5.94. The highest BCUT2D eigenvalue weighted by Gasteiger charge is 2.17. The van der Waals surface area contributed by atoms with Gasteiger partial charge >= 0.3 is 0 Å². The van der Waals surface area contributed by atoms with Crippen molar-refractivity contribution in [1.82, 2.24) is 5.32 Å². The van der Waals surface area contributed by atoms with Crippen molar-refractivity contribution in [1.29, 1.82) is 0 Å². The summed E-state index contributed by atoms with van der Waals surface area (Å²) in [6.07, 6.45) is 1.57. The minimum atomic E-state index is -0.961. The normalized spacial score (nSPS) is 11.3. The van der Waals surface area contributed by atoms with Crippen LogP contribution < -0.4 is 5.32 Å². The zero-order chi connectivity index (χ0) is 13.9. The molecule has 0 radical (unpaired) electrons. The van der Waals surface area contributed by atoms with Gasteiger partial charge in [-0.15, -0.1) is 0 Å². The van der Waals surface area contributed by atoms with Gasteiger partial charge in [0.05, 0.1) is 18.4 Å². The second-order valence-electron chi connectivity index (χ2n) is 4.90. The van der Waals surface area contributed by atoms with Crippen molar-refractivity contribution in [3.8, 4) is 0 Å². The number of amides is 1. The molecule has 2 N–H and O–H groups in total. The van der Waals surface area contributed by atoms with Crippen LogP contribution in [0.2, 0.25) is 0 Å². The average Bonchev–Trinajstić information content (AvgIpc) is 2.88. The molecule has 2 aromatic rings. The molecule has 19 heavy (non-hydrogen) atoms. The SMILES string of the molecule is CC(C)(O)c1cccc(C(=O)NCc2ccco2)c1. The first-order valence-corrected chi connectivity index (χ1v) is 6.10. The van der Waals surface area contributed by atoms with Crippen molar-refractivity contribution in [2.75, 3.05) is 0 Å². The lowest BCUT2D eigenvalue weighted by molar-refractivity contribution is 0.0784. The fourth-order valence-electron chi connectivity index (χ4n) is 1.72. The van der Waals surface area contributed by atoms with E-state index in [4.69, 9.17) is 4.42 Å². The molecule has 0 aliphatic heterocycles. The van der Waals surface area contributed by atoms with Crippen molar-refractivity contribution in [2.24, 2.45) is 0 Å². The number of carbonyl (C=O) groups excluding carboxylic acids is 1. The number of nitrogens with one attached hydrogen (secondary N) is 1. The molecule has 1 amide bonds. The molecule has 1 aromatic heterocycles. The highest BCUT2D eigenvalue weighted by atomic mass is 16.3. The fraction of sp³-hybridized carbons (Fsp3) is 0.267. The van der Waals surface area contributed by atoms with Gasteiger partial charge in [-0.2, -0.15) is 0 Å². The molecule has 0 spiro atoms. The summed E-state index contributed by atoms with van der Waals surface area (Å²) in [6.45, 7) is 3.72. The molecule has 0 bridgehead atoms. The third-order valence-electron chi connectivity index (χ3n) is 2.83. The van der Waals surface area contributed by atoms with E-state index in [9.17, 15) is 9.90 Å². The number of hydrogen-bond donors (Lipinski definition) is 2. The summed E-state index contributed by atoms with van der Waals surface area (Å²) in [6, 6.07) is 10.5. The molecule has 0 fully saturated rings. The Kier molecular flexibility index (Phi) is 3.71. The Labute approximate surface area is 112 Å². The van der Waals surface area contributed by atoms with Crippen LogP contribution in [-0.2, 0) is 12.1 Å². The molecule has 0 atom stereocenters. The maximum absolute atomic E-state index is 12.0. The Morgan fingerprint density at radius 1 is 1.32 bits per heavy atom. The number of furan rings is 1. The van der Waals surface area contributed by atoms with E-state index in [2.05, 4.69) is 5.32 Å². The topological polar surface area (TPSA) is 62.5 Å². The van der Waals surface area contributed by atoms with E-state index in [1.165, 1.54) is 0 Å². The minimum Gasteiger partial charge on any atom is -0.467 e. The van der Waals surface area contributed by atoms with E-state index in [-0.39, 0.29) is 5.91 Å². The second-order valence-corrected chi connectivity index (χ2v) is 4.90. The molecule has 0 saturated heterocycles. The van der Waals surface area contributed by atoms with Crippen molar-refractivity contribution < 1.29 is 14.3 Å². The first kappa shape index (κ1) is 13.4. The van der Waals surface area contributed by atoms with Crippen LogP contribution >= 0.6 is 0 Å². The van der Waals surface area contributed by atoms with E-state index in [1.807, 2.05) is 0 Å². The molecule has 4 heteroatoms. The average molecular weight is 259 g/mol. The van der Waals surface area contributed by atoms with E-state index in [0.29, 0.717) is 23.4 Å². The Morgan fingerprint density at radius 3 is 2.74 bits per heavy atom. The summed E-state index contributed by atoms with van der Waals surface area (Å²) in [7, 11) is 0. The Balaban J connectivity index is 2.07. The molecule has 0 aliphatic carbocycles. The number of hydrogen-bond acceptors (Lipinski definition) is 3. The monoisotopic (exact) mass is 259 g/mol. The van der Waals surface area contributed by atoms with E-state index >= 15 is 0 Å². The summed E-state index contributed by atoms with van der Waals surface area (Å²) >= 11 is 0. The van der Waals surface area contributed by atoms with Crippen molar-refractivity contribution in [3.63, 3.8) is 0 Å². The van der Waals surface area contributed by atoms with Crippen molar-refractivity contribution in [2.45, 2.75) is 26.0 Å². The van der Waals surface area contributed by atoms with Crippen LogP contribution in [0.5, 0.6) is 0 Å². The van der Waals surface area contributed by atoms with Gasteiger partial charge < -0.3 is 14.8 Å². The Bertz CT molecular complexity index is 553. The lowest BCUT2D eigenvalue weighted by Crippen LogP contribution is -2.23. The summed E-state index contributed by atoms with van der Waals surface area (Å²) in [4.78, 5) is 12.0. The molecular weight excluding hydrogens is 242 g/mol. The number of rotatable bonds is 4. The molecule has 2 rings (SSSR count). The van der Waals surface area contributed by atoms with E-state index in [1.54, 1.807) is 56.5 Å². The molecule has 0 aliphatic rings. The summed E-state index contributed by atoms with van der Waals surface area (Å²) < 4.78 is 5.14. The van der Waals surface area contributed by atoms with Crippen LogP contribution in [0.25, 0.3) is 0 Å². The van der Waals surface area contributed by atoms with Crippen LogP contribution in [0.3, 0.4) is 0 Å². The van der Waals surface area contributed by atoms with Gasteiger partial charge in [-0.25, -0.2) is 0 Å². The van der Waals surface area contributed by atoms with E-state index < -0.39 is 5.60 Å². The number of carbonyl (C=O) groups is 1. The molecule has 0 saturated carbocycles. The number of benzene rings is 1. The predicted molar refractivity (Wildman–Crippen MR) is 71.6 cm³/mol. The maximum atomic E-state index is 12.0. The van der Waals surface area contributed by atoms with Crippen LogP contribution in [0.1, 0.15) is 35.5 Å². The zero-order valence-electron chi connectivity index (χ0n) is 11.0. The van der Waals surface area contributed by atoms with Crippen LogP contribution in [0.15, 0.2) is 47.1 Å². The molecule has 100 valence electrons. The van der Waals surface area contributed by atoms with Gasteiger partial charge in [-0.3, -0.25) is 4.79 Å². The van der Waals surface area contributed by atoms with Gasteiger partial charge in [-0.05, 0) is 43.7 Å². The third kappa shape index (κ3) is 3.45. The van der Waals surface area contributed by atoms with Gasteiger partial charge in [-0.1, -0.05) is 12.1 Å². The summed E-state index contributed by atoms with van der Waals surface area (Å²) in [5.74, 6) is 0.509. The lowest BCUT2D eigenvalue weighted by atomic mass is 9.96. The van der Waals surface area contributed by atoms with Crippen molar-refractivity contribution in [3.05, 3.63) is 59.5 Å². The van der Waals surface area contributed by atoms with E-state index in [0.717, 1.165) is 0 Å². The van der Waals surface area contributed by atoms with Crippen LogP contribution in [0.4, 0.5) is 0 Å². The second kappa shape index (κ2) is 5.28. The summed E-state index contributed by atoms with van der Waals surface area (Å²) in [5.41, 5.74) is 0.265. The minimum absolute atomic E-state index is 0.192. The molecular formula is C15H17NO3. The van der Waals surface area contributed by atoms with Gasteiger partial charge in [0.15, 0.2) is 0 Å². The lowest BCUT2D eigenvalue weighted by Gasteiger charge is -2.18. The fourth-order valence-corrected chi connectivity index (χ4v) is 1.72. The van der Waals surface area contributed by atoms with Gasteiger partial charge in [0.2, 0.25) is 0 Å². The smallest absolute Gasteiger partial charge is 0.251 e. The Morgan fingerprint density at radius 2 is 2.11 bits per heavy atom. The largest absolute Gasteiger partial charge is 0.467 e. The first-order valence-electron chi connectivity index (χ1n) is 6.10. The quantitative estimate of drug-likeness (QED) is 0.886. The highest BCUT2D eigenvalue weighted by Crippen LogP contribution is 2.20. The summed E-state index contributed by atoms with van der Waals surface area (Å²) in [5, 5.41) is 12.7. The van der Waals surface area contributed by atoms with Crippen molar-refractivity contribution >= 4 is 5.91 Å². The predicted octanol–water partition coefficient (Wildman–Crippen LogP) is 2.44. The molecule has 4 nitrogen and oxygen atoms in total. The zero-order valence-corrected chi connectivity index (χ0v) is 11.0. The number of aliphatic hydroxyl groups is 1. The van der Waals surface area contributed by atoms with Crippen LogP contribution in [-0.4, -0.2) is 11.0 Å². The van der Waals surface area contributed by atoms with Crippen LogP contribution in [0, 0.1) is 0 Å². The van der Waals surface area contributed by atoms with Gasteiger partial charge in [0.25, 0.3) is 5.91 Å². The maximum Gasteiger partial charge on any atom is 0.251 e.